The second-order valence-corrected chi connectivity index (χ2v) is 7.73. The number of anilines is 1. The molecule has 1 aliphatic carbocycles. The molecule has 6 nitrogen and oxygen atoms in total. The van der Waals surface area contributed by atoms with Crippen LogP contribution in [0.5, 0.6) is 0 Å². The van der Waals surface area contributed by atoms with Crippen molar-refractivity contribution in [3.63, 3.8) is 0 Å². The average molecular weight is 431 g/mol. The van der Waals surface area contributed by atoms with Gasteiger partial charge in [-0.3, -0.25) is 4.79 Å². The van der Waals surface area contributed by atoms with Gasteiger partial charge in [0.25, 0.3) is 5.91 Å². The van der Waals surface area contributed by atoms with Crippen molar-refractivity contribution in [1.29, 1.82) is 0 Å². The lowest BCUT2D eigenvalue weighted by molar-refractivity contribution is 0.101. The van der Waals surface area contributed by atoms with E-state index in [0.717, 1.165) is 59.5 Å². The van der Waals surface area contributed by atoms with Crippen molar-refractivity contribution in [2.75, 3.05) is 5.32 Å². The Morgan fingerprint density at radius 1 is 1.06 bits per heavy atom. The molecule has 0 bridgehead atoms. The molecular formula is C24H19F2N5O. The Hall–Kier alpha value is -3.94. The minimum absolute atomic E-state index is 0.473. The van der Waals surface area contributed by atoms with Gasteiger partial charge < -0.3 is 9.88 Å². The Morgan fingerprint density at radius 3 is 2.59 bits per heavy atom. The number of halogens is 2. The molecule has 4 aromatic rings. The first-order valence-electron chi connectivity index (χ1n) is 10.2. The highest BCUT2D eigenvalue weighted by molar-refractivity contribution is 6.04. The Balaban J connectivity index is 1.50. The van der Waals surface area contributed by atoms with Crippen LogP contribution in [-0.4, -0.2) is 25.4 Å². The maximum atomic E-state index is 14.0. The fourth-order valence-corrected chi connectivity index (χ4v) is 4.01. The molecule has 1 amide bonds. The van der Waals surface area contributed by atoms with Crippen molar-refractivity contribution in [3.8, 4) is 22.8 Å². The van der Waals surface area contributed by atoms with Gasteiger partial charge >= 0.3 is 0 Å². The average Bonchev–Trinajstić information content (AvgIpc) is 3.11. The van der Waals surface area contributed by atoms with Gasteiger partial charge in [-0.2, -0.15) is 0 Å². The molecule has 0 aliphatic heterocycles. The Kier molecular flexibility index (Phi) is 4.97. The molecule has 0 unspecified atom stereocenters. The van der Waals surface area contributed by atoms with Crippen LogP contribution in [0.3, 0.4) is 0 Å². The number of carbonyl (C=O) groups is 1. The first kappa shape index (κ1) is 20.0. The molecule has 0 saturated heterocycles. The van der Waals surface area contributed by atoms with Crippen molar-refractivity contribution in [1.82, 2.24) is 19.5 Å². The Bertz CT molecular complexity index is 1330. The number of imidazole rings is 1. The van der Waals surface area contributed by atoms with Crippen LogP contribution >= 0.6 is 0 Å². The molecule has 8 heteroatoms. The SMILES string of the molecule is Cn1cncc1-c1ncc2c(n1)-c1ccc(NC(=O)c3c(F)cccc3F)cc1CCC2. The second-order valence-electron chi connectivity index (χ2n) is 7.73. The molecule has 0 spiro atoms. The predicted octanol–water partition coefficient (Wildman–Crippen LogP) is 4.56. The van der Waals surface area contributed by atoms with Gasteiger partial charge in [0.2, 0.25) is 0 Å². The van der Waals surface area contributed by atoms with Gasteiger partial charge in [-0.1, -0.05) is 12.1 Å². The Morgan fingerprint density at radius 2 is 1.84 bits per heavy atom. The number of nitrogens with zero attached hydrogens (tertiary/aromatic N) is 4. The number of nitrogens with one attached hydrogen (secondary N) is 1. The fourth-order valence-electron chi connectivity index (χ4n) is 4.01. The molecule has 0 atom stereocenters. The minimum atomic E-state index is -0.898. The molecule has 32 heavy (non-hydrogen) atoms. The van der Waals surface area contributed by atoms with E-state index < -0.39 is 23.1 Å². The van der Waals surface area contributed by atoms with Crippen molar-refractivity contribution >= 4 is 11.6 Å². The monoisotopic (exact) mass is 431 g/mol. The summed E-state index contributed by atoms with van der Waals surface area (Å²) in [7, 11) is 1.89. The van der Waals surface area contributed by atoms with Crippen LogP contribution in [0.15, 0.2) is 55.1 Å². The van der Waals surface area contributed by atoms with Crippen LogP contribution < -0.4 is 5.32 Å². The maximum absolute atomic E-state index is 14.0. The van der Waals surface area contributed by atoms with Crippen LogP contribution in [0.4, 0.5) is 14.5 Å². The lowest BCUT2D eigenvalue weighted by atomic mass is 10.0. The van der Waals surface area contributed by atoms with Gasteiger partial charge in [0.15, 0.2) is 5.82 Å². The van der Waals surface area contributed by atoms with E-state index >= 15 is 0 Å². The number of aromatic nitrogens is 4. The molecule has 0 saturated carbocycles. The smallest absolute Gasteiger partial charge is 0.261 e. The lowest BCUT2D eigenvalue weighted by Crippen LogP contribution is -2.16. The first-order chi connectivity index (χ1) is 15.5. The topological polar surface area (TPSA) is 72.7 Å². The summed E-state index contributed by atoms with van der Waals surface area (Å²) in [4.78, 5) is 26.0. The number of carbonyl (C=O) groups excluding carboxylic acids is 1. The third-order valence-electron chi connectivity index (χ3n) is 5.61. The number of hydrogen-bond acceptors (Lipinski definition) is 4. The van der Waals surface area contributed by atoms with Crippen molar-refractivity contribution in [3.05, 3.63) is 83.4 Å². The van der Waals surface area contributed by atoms with Gasteiger partial charge in [0, 0.05) is 24.5 Å². The third-order valence-corrected chi connectivity index (χ3v) is 5.61. The van der Waals surface area contributed by atoms with E-state index in [4.69, 9.17) is 4.98 Å². The first-order valence-corrected chi connectivity index (χ1v) is 10.2. The zero-order valence-electron chi connectivity index (χ0n) is 17.3. The quantitative estimate of drug-likeness (QED) is 0.516. The van der Waals surface area contributed by atoms with Crippen LogP contribution in [0, 0.1) is 11.6 Å². The number of amides is 1. The van der Waals surface area contributed by atoms with E-state index in [-0.39, 0.29) is 0 Å². The van der Waals surface area contributed by atoms with Gasteiger partial charge in [-0.15, -0.1) is 0 Å². The molecule has 2 heterocycles. The van der Waals surface area contributed by atoms with E-state index in [1.807, 2.05) is 29.9 Å². The van der Waals surface area contributed by atoms with E-state index in [1.165, 1.54) is 6.07 Å². The molecule has 1 N–H and O–H groups in total. The second kappa shape index (κ2) is 7.96. The number of hydrogen-bond donors (Lipinski definition) is 1. The summed E-state index contributed by atoms with van der Waals surface area (Å²) in [5.74, 6) is -2.03. The zero-order chi connectivity index (χ0) is 22.2. The molecule has 2 aromatic heterocycles. The molecule has 1 aliphatic rings. The lowest BCUT2D eigenvalue weighted by Gasteiger charge is -2.13. The summed E-state index contributed by atoms with van der Waals surface area (Å²) < 4.78 is 29.8. The van der Waals surface area contributed by atoms with Gasteiger partial charge in [0.1, 0.15) is 22.9 Å². The number of fused-ring (bicyclic) bond motifs is 3. The molecule has 0 radical (unpaired) electrons. The molecule has 2 aromatic carbocycles. The Labute approximate surface area is 183 Å². The summed E-state index contributed by atoms with van der Waals surface area (Å²) in [5, 5.41) is 2.61. The molecular weight excluding hydrogens is 412 g/mol. The highest BCUT2D eigenvalue weighted by Crippen LogP contribution is 2.33. The van der Waals surface area contributed by atoms with E-state index in [2.05, 4.69) is 15.3 Å². The molecule has 160 valence electrons. The van der Waals surface area contributed by atoms with Crippen LogP contribution in [0.25, 0.3) is 22.8 Å². The van der Waals surface area contributed by atoms with Gasteiger partial charge in [-0.05, 0) is 54.7 Å². The summed E-state index contributed by atoms with van der Waals surface area (Å²) in [6.07, 6.45) is 7.79. The number of rotatable bonds is 3. The van der Waals surface area contributed by atoms with E-state index in [9.17, 15) is 13.6 Å². The summed E-state index contributed by atoms with van der Waals surface area (Å²) in [5.41, 5.74) is 4.56. The minimum Gasteiger partial charge on any atom is -0.331 e. The van der Waals surface area contributed by atoms with Crippen LogP contribution in [0.1, 0.15) is 27.9 Å². The van der Waals surface area contributed by atoms with Crippen molar-refractivity contribution in [2.24, 2.45) is 7.05 Å². The zero-order valence-corrected chi connectivity index (χ0v) is 17.3. The summed E-state index contributed by atoms with van der Waals surface area (Å²) in [6, 6.07) is 8.79. The van der Waals surface area contributed by atoms with E-state index in [1.54, 1.807) is 18.6 Å². The largest absolute Gasteiger partial charge is 0.331 e. The fraction of sp³-hybridized carbons (Fsp3) is 0.167. The van der Waals surface area contributed by atoms with E-state index in [0.29, 0.717) is 11.5 Å². The summed E-state index contributed by atoms with van der Waals surface area (Å²) in [6.45, 7) is 0. The van der Waals surface area contributed by atoms with Crippen LogP contribution in [-0.2, 0) is 19.9 Å². The third kappa shape index (κ3) is 3.53. The highest BCUT2D eigenvalue weighted by atomic mass is 19.1. The molecule has 5 rings (SSSR count). The van der Waals surface area contributed by atoms with Crippen LogP contribution in [0.2, 0.25) is 0 Å². The van der Waals surface area contributed by atoms with Crippen molar-refractivity contribution in [2.45, 2.75) is 19.3 Å². The van der Waals surface area contributed by atoms with Gasteiger partial charge in [-0.25, -0.2) is 23.7 Å². The maximum Gasteiger partial charge on any atom is 0.261 e. The number of benzene rings is 2. The standard InChI is InChI=1S/C24H19F2N5O/c1-31-13-27-12-20(31)23-28-11-15-5-2-4-14-10-16(8-9-17(14)22(15)30-23)29-24(32)21-18(25)6-3-7-19(21)26/h3,6-13H,2,4-5H2,1H3,(H,29,32). The molecule has 0 fully saturated rings. The van der Waals surface area contributed by atoms with Crippen molar-refractivity contribution < 1.29 is 13.6 Å². The summed E-state index contributed by atoms with van der Waals surface area (Å²) >= 11 is 0. The van der Waals surface area contributed by atoms with Gasteiger partial charge in [0.05, 0.1) is 18.2 Å². The highest BCUT2D eigenvalue weighted by Gasteiger charge is 2.21. The normalized spacial score (nSPS) is 12.6. The predicted molar refractivity (Wildman–Crippen MR) is 116 cm³/mol. The number of aryl methyl sites for hydroxylation is 3.